The molecule has 0 atom stereocenters. The molecule has 1 amide bonds. The van der Waals surface area contributed by atoms with Gasteiger partial charge in [-0.15, -0.1) is 0 Å². The van der Waals surface area contributed by atoms with E-state index in [0.717, 1.165) is 30.0 Å². The Morgan fingerprint density at radius 1 is 0.971 bits per heavy atom. The zero-order valence-corrected chi connectivity index (χ0v) is 18.6. The van der Waals surface area contributed by atoms with Gasteiger partial charge in [0.1, 0.15) is 11.5 Å². The number of alkyl halides is 2. The minimum Gasteiger partial charge on any atom is -0.435 e. The van der Waals surface area contributed by atoms with Gasteiger partial charge in [0.2, 0.25) is 0 Å². The molecule has 3 aromatic rings. The van der Waals surface area contributed by atoms with Crippen LogP contribution >= 0.6 is 0 Å². The van der Waals surface area contributed by atoms with Crippen LogP contribution < -0.4 is 14.8 Å². The number of halogens is 2. The highest BCUT2D eigenvalue weighted by Gasteiger charge is 2.20. The number of anilines is 1. The van der Waals surface area contributed by atoms with Crippen molar-refractivity contribution in [2.75, 3.05) is 11.6 Å². The van der Waals surface area contributed by atoms with Crippen molar-refractivity contribution in [3.05, 3.63) is 90.0 Å². The third-order valence-corrected chi connectivity index (χ3v) is 5.53. The summed E-state index contributed by atoms with van der Waals surface area (Å²) in [7, 11) is -3.82. The third-order valence-electron chi connectivity index (χ3n) is 4.38. The average molecular weight is 487 g/mol. The summed E-state index contributed by atoms with van der Waals surface area (Å²) in [6.07, 6.45) is 3.63. The van der Waals surface area contributed by atoms with Gasteiger partial charge in [-0.3, -0.25) is 4.79 Å². The van der Waals surface area contributed by atoms with Crippen LogP contribution in [0.25, 0.3) is 6.08 Å². The van der Waals surface area contributed by atoms with Crippen LogP contribution in [0.3, 0.4) is 0 Å². The lowest BCUT2D eigenvalue weighted by atomic mass is 10.1. The van der Waals surface area contributed by atoms with Crippen molar-refractivity contribution < 1.29 is 36.3 Å². The van der Waals surface area contributed by atoms with Crippen molar-refractivity contribution in [3.63, 3.8) is 0 Å². The summed E-state index contributed by atoms with van der Waals surface area (Å²) in [5.41, 5.74) is 0.420. The second kappa shape index (κ2) is 10.7. The Kier molecular flexibility index (Phi) is 7.75. The van der Waals surface area contributed by atoms with E-state index in [-0.39, 0.29) is 27.6 Å². The van der Waals surface area contributed by atoms with E-state index in [1.54, 1.807) is 30.3 Å². The molecule has 0 spiro atoms. The predicted octanol–water partition coefficient (Wildman–Crippen LogP) is 4.56. The van der Waals surface area contributed by atoms with E-state index in [4.69, 9.17) is 4.74 Å². The van der Waals surface area contributed by atoms with E-state index in [2.05, 4.69) is 10.1 Å². The lowest BCUT2D eigenvalue weighted by Gasteiger charge is -2.14. The molecule has 0 saturated heterocycles. The number of amides is 1. The summed E-state index contributed by atoms with van der Waals surface area (Å²) in [6, 6.07) is 17.9. The zero-order valence-electron chi connectivity index (χ0n) is 17.8. The minimum absolute atomic E-state index is 0.0800. The van der Waals surface area contributed by atoms with E-state index >= 15 is 0 Å². The number of rotatable bonds is 8. The van der Waals surface area contributed by atoms with Crippen LogP contribution in [0.4, 0.5) is 14.5 Å². The first kappa shape index (κ1) is 24.6. The van der Waals surface area contributed by atoms with Crippen molar-refractivity contribution in [1.29, 1.82) is 0 Å². The number of carbonyl (C=O) groups excluding carboxylic acids is 2. The van der Waals surface area contributed by atoms with Gasteiger partial charge < -0.3 is 14.8 Å². The fraction of sp³-hybridized carbons (Fsp3) is 0.0833. The first-order valence-electron chi connectivity index (χ1n) is 9.78. The standard InChI is InChI=1S/C24H19F2NO6S/c1-34(30,31)21-13-12-17(32-24(25)26)15-19(21)27-23(29)18-9-5-6-10-20(18)33-22(28)14-11-16-7-3-2-4-8-16/h2-15,24H,1H3,(H,27,29)/b14-11+. The molecule has 3 rings (SSSR count). The number of ether oxygens (including phenoxy) is 2. The number of esters is 1. The summed E-state index contributed by atoms with van der Waals surface area (Å²) in [6.45, 7) is -3.14. The molecular weight excluding hydrogens is 468 g/mol. The maximum absolute atomic E-state index is 12.9. The number of para-hydroxylation sites is 1. The van der Waals surface area contributed by atoms with Crippen molar-refractivity contribution in [2.24, 2.45) is 0 Å². The first-order chi connectivity index (χ1) is 16.1. The molecule has 0 aliphatic rings. The van der Waals surface area contributed by atoms with Gasteiger partial charge in [0, 0.05) is 18.4 Å². The summed E-state index contributed by atoms with van der Waals surface area (Å²) in [4.78, 5) is 24.8. The largest absolute Gasteiger partial charge is 0.435 e. The second-order valence-corrected chi connectivity index (χ2v) is 8.91. The highest BCUT2D eigenvalue weighted by atomic mass is 32.2. The topological polar surface area (TPSA) is 98.8 Å². The minimum atomic E-state index is -3.82. The van der Waals surface area contributed by atoms with Crippen molar-refractivity contribution in [3.8, 4) is 11.5 Å². The fourth-order valence-corrected chi connectivity index (χ4v) is 3.73. The maximum atomic E-state index is 12.9. The van der Waals surface area contributed by atoms with E-state index in [9.17, 15) is 26.8 Å². The van der Waals surface area contributed by atoms with Gasteiger partial charge in [-0.2, -0.15) is 8.78 Å². The summed E-state index contributed by atoms with van der Waals surface area (Å²) in [5.74, 6) is -1.99. The molecule has 34 heavy (non-hydrogen) atoms. The normalized spacial score (nSPS) is 11.4. The van der Waals surface area contributed by atoms with Crippen LogP contribution in [0.15, 0.2) is 83.8 Å². The van der Waals surface area contributed by atoms with Crippen LogP contribution in [-0.4, -0.2) is 33.2 Å². The van der Waals surface area contributed by atoms with Gasteiger partial charge in [0.25, 0.3) is 5.91 Å². The van der Waals surface area contributed by atoms with E-state index in [0.29, 0.717) is 0 Å². The highest BCUT2D eigenvalue weighted by Crippen LogP contribution is 2.29. The maximum Gasteiger partial charge on any atom is 0.387 e. The molecule has 0 aliphatic carbocycles. The van der Waals surface area contributed by atoms with Crippen molar-refractivity contribution in [2.45, 2.75) is 11.5 Å². The van der Waals surface area contributed by atoms with Gasteiger partial charge in [-0.25, -0.2) is 13.2 Å². The number of hydrogen-bond donors (Lipinski definition) is 1. The van der Waals surface area contributed by atoms with Crippen LogP contribution in [0.1, 0.15) is 15.9 Å². The lowest BCUT2D eigenvalue weighted by molar-refractivity contribution is -0.128. The molecule has 1 N–H and O–H groups in total. The molecule has 0 saturated carbocycles. The SMILES string of the molecule is CS(=O)(=O)c1ccc(OC(F)F)cc1NC(=O)c1ccccc1OC(=O)/C=C/c1ccccc1. The number of nitrogens with one attached hydrogen (secondary N) is 1. The molecule has 0 aromatic heterocycles. The molecule has 0 unspecified atom stereocenters. The molecule has 7 nitrogen and oxygen atoms in total. The van der Waals surface area contributed by atoms with Crippen LogP contribution in [-0.2, 0) is 14.6 Å². The van der Waals surface area contributed by atoms with Gasteiger partial charge >= 0.3 is 12.6 Å². The molecule has 10 heteroatoms. The van der Waals surface area contributed by atoms with Gasteiger partial charge in [-0.1, -0.05) is 42.5 Å². The lowest BCUT2D eigenvalue weighted by Crippen LogP contribution is -2.17. The molecule has 0 bridgehead atoms. The molecule has 0 heterocycles. The highest BCUT2D eigenvalue weighted by molar-refractivity contribution is 7.90. The zero-order chi connectivity index (χ0) is 24.7. The Bertz CT molecular complexity index is 1320. The van der Waals surface area contributed by atoms with Crippen LogP contribution in [0, 0.1) is 0 Å². The van der Waals surface area contributed by atoms with Crippen molar-refractivity contribution in [1.82, 2.24) is 0 Å². The summed E-state index contributed by atoms with van der Waals surface area (Å²) in [5, 5.41) is 2.37. The molecule has 0 aliphatic heterocycles. The number of carbonyl (C=O) groups is 2. The Morgan fingerprint density at radius 2 is 1.65 bits per heavy atom. The first-order valence-corrected chi connectivity index (χ1v) is 11.7. The average Bonchev–Trinajstić information content (AvgIpc) is 2.77. The Hall–Kier alpha value is -4.05. The van der Waals surface area contributed by atoms with Crippen molar-refractivity contribution >= 4 is 33.5 Å². The molecule has 0 fully saturated rings. The fourth-order valence-electron chi connectivity index (χ4n) is 2.91. The van der Waals surface area contributed by atoms with Gasteiger partial charge in [0.15, 0.2) is 9.84 Å². The Balaban J connectivity index is 1.85. The summed E-state index contributed by atoms with van der Waals surface area (Å²) < 4.78 is 58.9. The number of hydrogen-bond acceptors (Lipinski definition) is 6. The monoisotopic (exact) mass is 487 g/mol. The van der Waals surface area contributed by atoms with E-state index in [1.807, 2.05) is 6.07 Å². The second-order valence-electron chi connectivity index (χ2n) is 6.92. The molecular formula is C24H19F2NO6S. The van der Waals surface area contributed by atoms with Crippen LogP contribution in [0.2, 0.25) is 0 Å². The molecule has 3 aromatic carbocycles. The molecule has 176 valence electrons. The molecule has 0 radical (unpaired) electrons. The quantitative estimate of drug-likeness (QED) is 0.284. The smallest absolute Gasteiger partial charge is 0.387 e. The van der Waals surface area contributed by atoms with Gasteiger partial charge in [0.05, 0.1) is 16.1 Å². The number of sulfone groups is 1. The van der Waals surface area contributed by atoms with Gasteiger partial charge in [-0.05, 0) is 35.9 Å². The van der Waals surface area contributed by atoms with E-state index < -0.39 is 28.3 Å². The van der Waals surface area contributed by atoms with E-state index in [1.165, 1.54) is 30.4 Å². The number of benzene rings is 3. The summed E-state index contributed by atoms with van der Waals surface area (Å²) >= 11 is 0. The Labute approximate surface area is 194 Å². The third kappa shape index (κ3) is 6.72. The predicted molar refractivity (Wildman–Crippen MR) is 122 cm³/mol. The van der Waals surface area contributed by atoms with Crippen LogP contribution in [0.5, 0.6) is 11.5 Å². The Morgan fingerprint density at radius 3 is 2.32 bits per heavy atom.